The van der Waals surface area contributed by atoms with Crippen molar-refractivity contribution in [2.45, 2.75) is 13.0 Å². The second-order valence-electron chi connectivity index (χ2n) is 4.85. The molecule has 1 aromatic heterocycles. The van der Waals surface area contributed by atoms with Crippen LogP contribution in [0.15, 0.2) is 42.5 Å². The Balaban J connectivity index is 2.17. The summed E-state index contributed by atoms with van der Waals surface area (Å²) in [5.74, 6) is 0.892. The monoisotopic (exact) mass is 319 g/mol. The summed E-state index contributed by atoms with van der Waals surface area (Å²) in [4.78, 5) is 4.73. The van der Waals surface area contributed by atoms with Gasteiger partial charge >= 0.3 is 0 Å². The number of para-hydroxylation sites is 2. The Kier molecular flexibility index (Phi) is 4.15. The third kappa shape index (κ3) is 2.77. The summed E-state index contributed by atoms with van der Waals surface area (Å²) < 4.78 is 2.18. The number of rotatable bonds is 4. The third-order valence-corrected chi connectivity index (χ3v) is 4.16. The van der Waals surface area contributed by atoms with E-state index in [0.29, 0.717) is 16.6 Å². The normalized spacial score (nSPS) is 11.2. The first-order chi connectivity index (χ1) is 10.2. The average Bonchev–Trinajstić information content (AvgIpc) is 2.86. The summed E-state index contributed by atoms with van der Waals surface area (Å²) in [6.45, 7) is 1.47. The minimum Gasteiger partial charge on any atom is -0.330 e. The molecule has 2 N–H and O–H groups in total. The molecule has 0 saturated carbocycles. The van der Waals surface area contributed by atoms with Crippen LogP contribution in [-0.4, -0.2) is 16.1 Å². The number of aryl methyl sites for hydroxylation is 1. The van der Waals surface area contributed by atoms with Crippen LogP contribution in [0.5, 0.6) is 0 Å². The lowest BCUT2D eigenvalue weighted by Crippen LogP contribution is -2.07. The van der Waals surface area contributed by atoms with Gasteiger partial charge in [0.1, 0.15) is 5.82 Å². The fourth-order valence-corrected chi connectivity index (χ4v) is 2.70. The van der Waals surface area contributed by atoms with Gasteiger partial charge in [0.15, 0.2) is 0 Å². The molecule has 0 aliphatic heterocycles. The number of hydrogen-bond donors (Lipinski definition) is 1. The summed E-state index contributed by atoms with van der Waals surface area (Å²) in [6, 6.07) is 13.7. The maximum absolute atomic E-state index is 6.13. The molecule has 3 aromatic rings. The molecule has 0 bridgehead atoms. The van der Waals surface area contributed by atoms with Crippen LogP contribution >= 0.6 is 23.2 Å². The Bertz CT molecular complexity index is 780. The van der Waals surface area contributed by atoms with E-state index < -0.39 is 0 Å². The van der Waals surface area contributed by atoms with Crippen LogP contribution in [0.2, 0.25) is 10.0 Å². The molecule has 21 heavy (non-hydrogen) atoms. The summed E-state index contributed by atoms with van der Waals surface area (Å²) in [5, 5.41) is 1.08. The number of benzene rings is 2. The predicted molar refractivity (Wildman–Crippen MR) is 88.9 cm³/mol. The molecule has 108 valence electrons. The van der Waals surface area contributed by atoms with Crippen molar-refractivity contribution in [3.63, 3.8) is 0 Å². The van der Waals surface area contributed by atoms with Crippen molar-refractivity contribution < 1.29 is 0 Å². The molecular formula is C16H15Cl2N3. The zero-order valence-electron chi connectivity index (χ0n) is 11.4. The second kappa shape index (κ2) is 6.06. The topological polar surface area (TPSA) is 43.8 Å². The lowest BCUT2D eigenvalue weighted by Gasteiger charge is -2.09. The van der Waals surface area contributed by atoms with Gasteiger partial charge in [-0.3, -0.25) is 0 Å². The van der Waals surface area contributed by atoms with Crippen LogP contribution < -0.4 is 5.73 Å². The number of aromatic nitrogens is 2. The molecule has 1 heterocycles. The molecule has 0 atom stereocenters. The highest BCUT2D eigenvalue weighted by Crippen LogP contribution is 2.30. The Labute approximate surface area is 133 Å². The van der Waals surface area contributed by atoms with E-state index in [4.69, 9.17) is 33.9 Å². The van der Waals surface area contributed by atoms with E-state index in [2.05, 4.69) is 10.6 Å². The van der Waals surface area contributed by atoms with Gasteiger partial charge in [-0.15, -0.1) is 0 Å². The van der Waals surface area contributed by atoms with Gasteiger partial charge in [0, 0.05) is 12.1 Å². The van der Waals surface area contributed by atoms with Crippen molar-refractivity contribution in [2.75, 3.05) is 6.54 Å². The highest BCUT2D eigenvalue weighted by atomic mass is 35.5. The van der Waals surface area contributed by atoms with Gasteiger partial charge in [-0.2, -0.15) is 0 Å². The van der Waals surface area contributed by atoms with E-state index in [-0.39, 0.29) is 0 Å². The Morgan fingerprint density at radius 2 is 1.86 bits per heavy atom. The number of halogens is 2. The zero-order valence-corrected chi connectivity index (χ0v) is 12.9. The van der Waals surface area contributed by atoms with Crippen molar-refractivity contribution in [1.82, 2.24) is 9.55 Å². The summed E-state index contributed by atoms with van der Waals surface area (Å²) in [6.07, 6.45) is 0.897. The van der Waals surface area contributed by atoms with E-state index >= 15 is 0 Å². The maximum Gasteiger partial charge on any atom is 0.141 e. The highest BCUT2D eigenvalue weighted by Gasteiger charge is 2.13. The minimum absolute atomic E-state index is 0.534. The first-order valence-corrected chi connectivity index (χ1v) is 7.57. The highest BCUT2D eigenvalue weighted by molar-refractivity contribution is 6.42. The van der Waals surface area contributed by atoms with Gasteiger partial charge in [0.05, 0.1) is 21.1 Å². The number of fused-ring (bicyclic) bond motifs is 1. The predicted octanol–water partition coefficient (Wildman–Crippen LogP) is 4.36. The fraction of sp³-hybridized carbons (Fsp3) is 0.188. The van der Waals surface area contributed by atoms with E-state index in [0.717, 1.165) is 35.4 Å². The van der Waals surface area contributed by atoms with Crippen LogP contribution in [0.4, 0.5) is 0 Å². The first-order valence-electron chi connectivity index (χ1n) is 6.81. The summed E-state index contributed by atoms with van der Waals surface area (Å²) in [5.41, 5.74) is 8.68. The SMILES string of the molecule is NCCCn1c(-c2ccc(Cl)c(Cl)c2)nc2ccccc21. The van der Waals surface area contributed by atoms with Crippen molar-refractivity contribution in [2.24, 2.45) is 5.73 Å². The van der Waals surface area contributed by atoms with Crippen LogP contribution in [0, 0.1) is 0 Å². The molecule has 3 nitrogen and oxygen atoms in total. The smallest absolute Gasteiger partial charge is 0.141 e. The summed E-state index contributed by atoms with van der Waals surface area (Å²) >= 11 is 12.1. The molecule has 0 aliphatic rings. The maximum atomic E-state index is 6.13. The Hall–Kier alpha value is -1.55. The van der Waals surface area contributed by atoms with Crippen LogP contribution in [-0.2, 0) is 6.54 Å². The fourth-order valence-electron chi connectivity index (χ4n) is 2.41. The molecule has 0 unspecified atom stereocenters. The van der Waals surface area contributed by atoms with Gasteiger partial charge in [-0.05, 0) is 43.3 Å². The molecular weight excluding hydrogens is 305 g/mol. The quantitative estimate of drug-likeness (QED) is 0.776. The van der Waals surface area contributed by atoms with E-state index in [9.17, 15) is 0 Å². The molecule has 0 radical (unpaired) electrons. The van der Waals surface area contributed by atoms with E-state index in [1.54, 1.807) is 6.07 Å². The minimum atomic E-state index is 0.534. The number of hydrogen-bond acceptors (Lipinski definition) is 2. The third-order valence-electron chi connectivity index (χ3n) is 3.42. The molecule has 5 heteroatoms. The van der Waals surface area contributed by atoms with Gasteiger partial charge in [0.25, 0.3) is 0 Å². The summed E-state index contributed by atoms with van der Waals surface area (Å²) in [7, 11) is 0. The number of imidazole rings is 1. The average molecular weight is 320 g/mol. The molecule has 0 saturated heterocycles. The molecule has 2 aromatic carbocycles. The van der Waals surface area contributed by atoms with Crippen LogP contribution in [0.3, 0.4) is 0 Å². The lowest BCUT2D eigenvalue weighted by molar-refractivity contribution is 0.671. The second-order valence-corrected chi connectivity index (χ2v) is 5.66. The largest absolute Gasteiger partial charge is 0.330 e. The standard InChI is InChI=1S/C16H15Cl2N3/c17-12-7-6-11(10-13(12)18)16-20-14-4-1-2-5-15(14)21(16)9-3-8-19/h1-2,4-7,10H,3,8-9,19H2. The van der Waals surface area contributed by atoms with Gasteiger partial charge < -0.3 is 10.3 Å². The van der Waals surface area contributed by atoms with E-state index in [1.165, 1.54) is 0 Å². The molecule has 0 spiro atoms. The molecule has 3 rings (SSSR count). The van der Waals surface area contributed by atoms with E-state index in [1.807, 2.05) is 30.3 Å². The van der Waals surface area contributed by atoms with Gasteiger partial charge in [-0.25, -0.2) is 4.98 Å². The number of nitrogens with two attached hydrogens (primary N) is 1. The first kappa shape index (κ1) is 14.4. The Morgan fingerprint density at radius 3 is 2.62 bits per heavy atom. The Morgan fingerprint density at radius 1 is 1.05 bits per heavy atom. The van der Waals surface area contributed by atoms with Crippen LogP contribution in [0.1, 0.15) is 6.42 Å². The lowest BCUT2D eigenvalue weighted by atomic mass is 10.2. The molecule has 0 fully saturated rings. The van der Waals surface area contributed by atoms with Gasteiger partial charge in [-0.1, -0.05) is 35.3 Å². The number of nitrogens with zero attached hydrogens (tertiary/aromatic N) is 2. The van der Waals surface area contributed by atoms with Gasteiger partial charge in [0.2, 0.25) is 0 Å². The van der Waals surface area contributed by atoms with Crippen molar-refractivity contribution in [3.8, 4) is 11.4 Å². The molecule has 0 aliphatic carbocycles. The molecule has 0 amide bonds. The van der Waals surface area contributed by atoms with Crippen molar-refractivity contribution in [1.29, 1.82) is 0 Å². The van der Waals surface area contributed by atoms with Crippen LogP contribution in [0.25, 0.3) is 22.4 Å². The zero-order chi connectivity index (χ0) is 14.8. The van der Waals surface area contributed by atoms with Crippen molar-refractivity contribution >= 4 is 34.2 Å². The van der Waals surface area contributed by atoms with Crippen molar-refractivity contribution in [3.05, 3.63) is 52.5 Å².